The van der Waals surface area contributed by atoms with E-state index in [1.807, 2.05) is 6.26 Å². The van der Waals surface area contributed by atoms with E-state index in [4.69, 9.17) is 18.6 Å². The molecule has 6 heteroatoms. The van der Waals surface area contributed by atoms with Crippen LogP contribution in [0, 0.1) is 28.1 Å². The van der Waals surface area contributed by atoms with Crippen LogP contribution >= 0.6 is 0 Å². The molecule has 1 aromatic rings. The van der Waals surface area contributed by atoms with Gasteiger partial charge in [-0.2, -0.15) is 0 Å². The summed E-state index contributed by atoms with van der Waals surface area (Å²) >= 11 is 0. The first-order valence-electron chi connectivity index (χ1n) is 12.8. The van der Waals surface area contributed by atoms with E-state index in [1.54, 1.807) is 6.26 Å². The molecular formula is C28H36O6. The van der Waals surface area contributed by atoms with Gasteiger partial charge in [0.05, 0.1) is 30.7 Å². The summed E-state index contributed by atoms with van der Waals surface area (Å²) in [6.45, 7) is 10.9. The van der Waals surface area contributed by atoms with Crippen LogP contribution < -0.4 is 0 Å². The standard InChI is InChI=1S/C28H36O6/c1-16(29)33-22-12-21-25(2,3)34-23-13-24(30)32-15-28(21,23)20-8-10-26(4)18(17-9-11-31-14-17)6-7-19(26)27(20,22)5/h7,9,11,14,18,20-23H,6,8,10,12-13,15H2,1-5H3/t18-,20+,21+,22-,23+,26+,27+,28+/m1/s1. The van der Waals surface area contributed by atoms with E-state index in [2.05, 4.69) is 39.8 Å². The van der Waals surface area contributed by atoms with Crippen LogP contribution in [-0.2, 0) is 23.8 Å². The fraction of sp³-hybridized carbons (Fsp3) is 0.714. The Balaban J connectivity index is 1.49. The number of fused-ring (bicyclic) bond motifs is 3. The van der Waals surface area contributed by atoms with Gasteiger partial charge in [-0.3, -0.25) is 9.59 Å². The van der Waals surface area contributed by atoms with E-state index in [9.17, 15) is 9.59 Å². The van der Waals surface area contributed by atoms with Crippen LogP contribution in [0.4, 0.5) is 0 Å². The molecule has 6 rings (SSSR count). The molecule has 0 unspecified atom stereocenters. The Morgan fingerprint density at radius 1 is 1.18 bits per heavy atom. The number of carbonyl (C=O) groups excluding carboxylic acids is 2. The summed E-state index contributed by atoms with van der Waals surface area (Å²) in [6.07, 6.45) is 9.66. The van der Waals surface area contributed by atoms with Crippen LogP contribution in [0.15, 0.2) is 34.7 Å². The van der Waals surface area contributed by atoms with Crippen LogP contribution in [0.2, 0.25) is 0 Å². The molecule has 8 atom stereocenters. The highest BCUT2D eigenvalue weighted by molar-refractivity contribution is 5.71. The molecule has 5 aliphatic rings. The smallest absolute Gasteiger partial charge is 0.308 e. The second-order valence-electron chi connectivity index (χ2n) is 12.3. The zero-order valence-electron chi connectivity index (χ0n) is 20.9. The van der Waals surface area contributed by atoms with Crippen molar-refractivity contribution in [1.29, 1.82) is 0 Å². The monoisotopic (exact) mass is 468 g/mol. The third-order valence-electron chi connectivity index (χ3n) is 10.6. The van der Waals surface area contributed by atoms with Gasteiger partial charge in [0.2, 0.25) is 0 Å². The minimum Gasteiger partial charge on any atom is -0.472 e. The highest BCUT2D eigenvalue weighted by atomic mass is 16.6. The maximum atomic E-state index is 12.4. The van der Waals surface area contributed by atoms with Crippen LogP contribution in [0.25, 0.3) is 0 Å². The lowest BCUT2D eigenvalue weighted by atomic mass is 9.39. The minimum atomic E-state index is -0.414. The van der Waals surface area contributed by atoms with E-state index >= 15 is 0 Å². The molecule has 6 nitrogen and oxygen atoms in total. The zero-order chi connectivity index (χ0) is 24.1. The average molecular weight is 469 g/mol. The average Bonchev–Trinajstić information content (AvgIpc) is 3.43. The Kier molecular flexibility index (Phi) is 4.60. The molecule has 2 saturated heterocycles. The van der Waals surface area contributed by atoms with Gasteiger partial charge in [0.1, 0.15) is 12.7 Å². The van der Waals surface area contributed by atoms with E-state index < -0.39 is 5.60 Å². The summed E-state index contributed by atoms with van der Waals surface area (Å²) in [5.41, 5.74) is 1.58. The Bertz CT molecular complexity index is 1050. The van der Waals surface area contributed by atoms with Crippen molar-refractivity contribution in [3.63, 3.8) is 0 Å². The lowest BCUT2D eigenvalue weighted by Gasteiger charge is -2.65. The van der Waals surface area contributed by atoms with Crippen LogP contribution in [-0.4, -0.2) is 36.4 Å². The van der Waals surface area contributed by atoms with Gasteiger partial charge in [-0.25, -0.2) is 0 Å². The number of carbonyl (C=O) groups is 2. The van der Waals surface area contributed by atoms with Crippen molar-refractivity contribution in [3.05, 3.63) is 35.8 Å². The fourth-order valence-corrected chi connectivity index (χ4v) is 9.37. The fourth-order valence-electron chi connectivity index (χ4n) is 9.37. The highest BCUT2D eigenvalue weighted by Crippen LogP contribution is 2.74. The molecule has 0 amide bonds. The molecule has 2 aliphatic heterocycles. The van der Waals surface area contributed by atoms with Gasteiger partial charge in [-0.05, 0) is 68.4 Å². The number of allylic oxidation sites excluding steroid dienone is 1. The molecule has 184 valence electrons. The molecule has 34 heavy (non-hydrogen) atoms. The largest absolute Gasteiger partial charge is 0.472 e. The Morgan fingerprint density at radius 3 is 2.68 bits per heavy atom. The van der Waals surface area contributed by atoms with Crippen LogP contribution in [0.1, 0.15) is 78.2 Å². The number of hydrogen-bond donors (Lipinski definition) is 0. The molecule has 3 heterocycles. The maximum Gasteiger partial charge on any atom is 0.308 e. The predicted molar refractivity (Wildman–Crippen MR) is 124 cm³/mol. The van der Waals surface area contributed by atoms with Crippen molar-refractivity contribution in [1.82, 2.24) is 0 Å². The summed E-state index contributed by atoms with van der Waals surface area (Å²) in [6, 6.07) is 2.09. The van der Waals surface area contributed by atoms with Gasteiger partial charge < -0.3 is 18.6 Å². The lowest BCUT2D eigenvalue weighted by Crippen LogP contribution is -2.66. The molecule has 2 saturated carbocycles. The maximum absolute atomic E-state index is 12.4. The van der Waals surface area contributed by atoms with Gasteiger partial charge >= 0.3 is 11.9 Å². The third-order valence-corrected chi connectivity index (χ3v) is 10.6. The van der Waals surface area contributed by atoms with E-state index in [-0.39, 0.29) is 52.2 Å². The quantitative estimate of drug-likeness (QED) is 0.440. The van der Waals surface area contributed by atoms with Crippen molar-refractivity contribution in [2.24, 2.45) is 28.1 Å². The third kappa shape index (κ3) is 2.66. The van der Waals surface area contributed by atoms with Crippen molar-refractivity contribution < 1.29 is 28.2 Å². The topological polar surface area (TPSA) is 75.0 Å². The van der Waals surface area contributed by atoms with Crippen molar-refractivity contribution >= 4 is 11.9 Å². The Morgan fingerprint density at radius 2 is 1.97 bits per heavy atom. The van der Waals surface area contributed by atoms with Gasteiger partial charge in [-0.15, -0.1) is 0 Å². The first-order chi connectivity index (χ1) is 16.0. The molecular weight excluding hydrogens is 432 g/mol. The summed E-state index contributed by atoms with van der Waals surface area (Å²) in [5, 5.41) is 0. The normalized spacial score (nSPS) is 46.4. The summed E-state index contributed by atoms with van der Waals surface area (Å²) in [4.78, 5) is 24.7. The Hall–Kier alpha value is -2.08. The lowest BCUT2D eigenvalue weighted by molar-refractivity contribution is -0.209. The van der Waals surface area contributed by atoms with Crippen LogP contribution in [0.3, 0.4) is 0 Å². The number of furan rings is 1. The SMILES string of the molecule is CC(=O)O[C@@H]1C[C@H]2C(C)(C)O[C@H]3CC(=O)OC[C@@]32[C@H]2CC[C@]3(C)C(=CC[C@@H]3c3ccoc3)[C@]12C. The molecule has 0 bridgehead atoms. The zero-order valence-corrected chi connectivity index (χ0v) is 20.9. The van der Waals surface area contributed by atoms with Gasteiger partial charge in [-0.1, -0.05) is 25.5 Å². The number of rotatable bonds is 2. The molecule has 4 fully saturated rings. The predicted octanol–water partition coefficient (Wildman–Crippen LogP) is 5.18. The van der Waals surface area contributed by atoms with Crippen LogP contribution in [0.5, 0.6) is 0 Å². The second-order valence-corrected chi connectivity index (χ2v) is 12.3. The first-order valence-corrected chi connectivity index (χ1v) is 12.8. The van der Waals surface area contributed by atoms with Gasteiger partial charge in [0.25, 0.3) is 0 Å². The molecule has 1 spiro atoms. The molecule has 0 N–H and O–H groups in total. The van der Waals surface area contributed by atoms with E-state index in [0.29, 0.717) is 18.9 Å². The van der Waals surface area contributed by atoms with E-state index in [1.165, 1.54) is 18.1 Å². The first kappa shape index (κ1) is 22.4. The summed E-state index contributed by atoms with van der Waals surface area (Å²) in [7, 11) is 0. The van der Waals surface area contributed by atoms with Gasteiger partial charge in [0, 0.05) is 23.7 Å². The number of ether oxygens (including phenoxy) is 3. The number of cyclic esters (lactones) is 1. The molecule has 0 radical (unpaired) electrons. The van der Waals surface area contributed by atoms with Crippen molar-refractivity contribution in [2.75, 3.05) is 6.61 Å². The number of hydrogen-bond acceptors (Lipinski definition) is 6. The highest BCUT2D eigenvalue weighted by Gasteiger charge is 2.75. The van der Waals surface area contributed by atoms with Crippen molar-refractivity contribution in [3.8, 4) is 0 Å². The molecule has 3 aliphatic carbocycles. The summed E-state index contributed by atoms with van der Waals surface area (Å²) in [5.74, 6) is 0.295. The minimum absolute atomic E-state index is 0.0349. The van der Waals surface area contributed by atoms with Gasteiger partial charge in [0.15, 0.2) is 0 Å². The second kappa shape index (κ2) is 6.99. The summed E-state index contributed by atoms with van der Waals surface area (Å²) < 4.78 is 24.1. The van der Waals surface area contributed by atoms with Crippen molar-refractivity contribution in [2.45, 2.75) is 90.4 Å². The molecule has 0 aromatic carbocycles. The van der Waals surface area contributed by atoms with E-state index in [0.717, 1.165) is 25.7 Å². The Labute approximate surface area is 201 Å². The number of esters is 2. The molecule has 1 aromatic heterocycles.